The van der Waals surface area contributed by atoms with Crippen molar-refractivity contribution in [1.29, 1.82) is 0 Å². The van der Waals surface area contributed by atoms with Crippen LogP contribution in [0.5, 0.6) is 0 Å². The number of aliphatic hydroxyl groups excluding tert-OH is 1. The van der Waals surface area contributed by atoms with Crippen LogP contribution in [0.3, 0.4) is 0 Å². The molecule has 14 heavy (non-hydrogen) atoms. The van der Waals surface area contributed by atoms with Crippen LogP contribution in [-0.4, -0.2) is 28.1 Å². The van der Waals surface area contributed by atoms with Gasteiger partial charge in [-0.15, -0.1) is 0 Å². The van der Waals surface area contributed by atoms with Gasteiger partial charge in [0, 0.05) is 5.41 Å². The van der Waals surface area contributed by atoms with E-state index in [0.717, 1.165) is 0 Å². The molecule has 4 nitrogen and oxygen atoms in total. The minimum Gasteiger partial charge on any atom is -0.481 e. The van der Waals surface area contributed by atoms with E-state index < -0.39 is 23.4 Å². The molecular formula is C10H16O4. The molecule has 0 heterocycles. The Morgan fingerprint density at radius 3 is 2.21 bits per heavy atom. The summed E-state index contributed by atoms with van der Waals surface area (Å²) in [6.45, 7) is 4.76. The van der Waals surface area contributed by atoms with Crippen molar-refractivity contribution in [2.75, 3.05) is 0 Å². The third-order valence-electron chi connectivity index (χ3n) is 3.78. The van der Waals surface area contributed by atoms with Gasteiger partial charge in [0.1, 0.15) is 5.78 Å². The van der Waals surface area contributed by atoms with Gasteiger partial charge in [-0.2, -0.15) is 0 Å². The summed E-state index contributed by atoms with van der Waals surface area (Å²) < 4.78 is 0. The maximum absolute atomic E-state index is 11.5. The predicted molar refractivity (Wildman–Crippen MR) is 49.7 cm³/mol. The summed E-state index contributed by atoms with van der Waals surface area (Å²) in [6.07, 6.45) is -0.517. The number of rotatable bonds is 2. The molecule has 1 aliphatic rings. The van der Waals surface area contributed by atoms with Crippen LogP contribution in [0.4, 0.5) is 0 Å². The van der Waals surface area contributed by atoms with Gasteiger partial charge in [-0.25, -0.2) is 0 Å². The van der Waals surface area contributed by atoms with Crippen LogP contribution in [0.2, 0.25) is 0 Å². The average Bonchev–Trinajstić information content (AvgIpc) is 2.31. The summed E-state index contributed by atoms with van der Waals surface area (Å²) in [5.41, 5.74) is -0.925. The van der Waals surface area contributed by atoms with Crippen LogP contribution in [0.25, 0.3) is 0 Å². The molecule has 0 bridgehead atoms. The fourth-order valence-electron chi connectivity index (χ4n) is 2.33. The van der Waals surface area contributed by atoms with E-state index in [4.69, 9.17) is 5.11 Å². The van der Waals surface area contributed by atoms with E-state index in [1.165, 1.54) is 6.92 Å². The van der Waals surface area contributed by atoms with E-state index in [1.54, 1.807) is 13.8 Å². The van der Waals surface area contributed by atoms with E-state index in [2.05, 4.69) is 0 Å². The third-order valence-corrected chi connectivity index (χ3v) is 3.78. The molecule has 1 saturated carbocycles. The highest BCUT2D eigenvalue weighted by Crippen LogP contribution is 2.48. The number of hydrogen-bond donors (Lipinski definition) is 2. The van der Waals surface area contributed by atoms with Gasteiger partial charge in [0.2, 0.25) is 0 Å². The maximum Gasteiger partial charge on any atom is 0.307 e. The van der Waals surface area contributed by atoms with Gasteiger partial charge in [-0.1, -0.05) is 13.8 Å². The molecule has 0 radical (unpaired) electrons. The first-order valence-corrected chi connectivity index (χ1v) is 4.73. The Labute approximate surface area is 82.9 Å². The number of carbonyl (C=O) groups is 2. The van der Waals surface area contributed by atoms with Crippen LogP contribution in [0.15, 0.2) is 0 Å². The van der Waals surface area contributed by atoms with Crippen molar-refractivity contribution in [3.05, 3.63) is 0 Å². The number of aliphatic carboxylic acids is 1. The second kappa shape index (κ2) is 3.35. The molecule has 4 unspecified atom stereocenters. The van der Waals surface area contributed by atoms with Gasteiger partial charge in [-0.3, -0.25) is 9.59 Å². The Kier molecular flexibility index (Phi) is 2.67. The molecular weight excluding hydrogens is 184 g/mol. The number of carboxylic acids is 1. The summed E-state index contributed by atoms with van der Waals surface area (Å²) in [6, 6.07) is 0. The SMILES string of the molecule is CC(=O)C1(C)C(C(=O)O)CC(O)C1C. The highest BCUT2D eigenvalue weighted by Gasteiger charge is 2.55. The molecule has 1 fully saturated rings. The molecule has 4 heteroatoms. The summed E-state index contributed by atoms with van der Waals surface area (Å²) in [4.78, 5) is 22.4. The summed E-state index contributed by atoms with van der Waals surface area (Å²) in [5, 5.41) is 18.6. The maximum atomic E-state index is 11.5. The molecule has 0 spiro atoms. The van der Waals surface area contributed by atoms with Gasteiger partial charge >= 0.3 is 5.97 Å². The van der Waals surface area contributed by atoms with E-state index in [9.17, 15) is 14.7 Å². The van der Waals surface area contributed by atoms with Crippen molar-refractivity contribution in [1.82, 2.24) is 0 Å². The summed E-state index contributed by atoms with van der Waals surface area (Å²) in [7, 11) is 0. The first-order valence-electron chi connectivity index (χ1n) is 4.73. The topological polar surface area (TPSA) is 74.6 Å². The first-order chi connectivity index (χ1) is 6.31. The molecule has 0 aromatic carbocycles. The highest BCUT2D eigenvalue weighted by atomic mass is 16.4. The van der Waals surface area contributed by atoms with E-state index >= 15 is 0 Å². The van der Waals surface area contributed by atoms with E-state index in [0.29, 0.717) is 0 Å². The largest absolute Gasteiger partial charge is 0.481 e. The Hall–Kier alpha value is -0.900. The average molecular weight is 200 g/mol. The standard InChI is InChI=1S/C10H16O4/c1-5-8(12)4-7(9(13)14)10(5,3)6(2)11/h5,7-8,12H,4H2,1-3H3,(H,13,14). The molecule has 0 amide bonds. The molecule has 1 rings (SSSR count). The fraction of sp³-hybridized carbons (Fsp3) is 0.800. The Morgan fingerprint density at radius 1 is 1.43 bits per heavy atom. The van der Waals surface area contributed by atoms with E-state index in [1.807, 2.05) is 0 Å². The number of aliphatic hydroxyl groups is 1. The lowest BCUT2D eigenvalue weighted by Crippen LogP contribution is -2.39. The van der Waals surface area contributed by atoms with Crippen molar-refractivity contribution in [3.8, 4) is 0 Å². The zero-order valence-corrected chi connectivity index (χ0v) is 8.65. The molecule has 2 N–H and O–H groups in total. The first kappa shape index (κ1) is 11.2. The smallest absolute Gasteiger partial charge is 0.307 e. The molecule has 0 aromatic rings. The number of Topliss-reactive ketones (excluding diaryl/α,β-unsaturated/α-hetero) is 1. The lowest BCUT2D eigenvalue weighted by Gasteiger charge is -2.30. The molecule has 0 aromatic heterocycles. The minimum atomic E-state index is -0.994. The monoisotopic (exact) mass is 200 g/mol. The van der Waals surface area contributed by atoms with Crippen LogP contribution < -0.4 is 0 Å². The third kappa shape index (κ3) is 1.34. The zero-order chi connectivity index (χ0) is 11.1. The van der Waals surface area contributed by atoms with Gasteiger partial charge in [-0.05, 0) is 19.3 Å². The molecule has 1 aliphatic carbocycles. The number of carbonyl (C=O) groups excluding carboxylic acids is 1. The molecule has 4 atom stereocenters. The van der Waals surface area contributed by atoms with Crippen LogP contribution in [0.1, 0.15) is 27.2 Å². The van der Waals surface area contributed by atoms with Gasteiger partial charge in [0.15, 0.2) is 0 Å². The Balaban J connectivity index is 3.09. The Morgan fingerprint density at radius 2 is 1.93 bits per heavy atom. The van der Waals surface area contributed by atoms with Crippen molar-refractivity contribution in [3.63, 3.8) is 0 Å². The van der Waals surface area contributed by atoms with Gasteiger partial charge in [0.25, 0.3) is 0 Å². The van der Waals surface area contributed by atoms with Crippen molar-refractivity contribution in [2.45, 2.75) is 33.3 Å². The molecule has 80 valence electrons. The van der Waals surface area contributed by atoms with Crippen molar-refractivity contribution >= 4 is 11.8 Å². The number of carboxylic acid groups (broad SMARTS) is 1. The second-order valence-electron chi connectivity index (χ2n) is 4.32. The molecule has 0 aliphatic heterocycles. The number of hydrogen-bond acceptors (Lipinski definition) is 3. The summed E-state index contributed by atoms with van der Waals surface area (Å²) >= 11 is 0. The fourth-order valence-corrected chi connectivity index (χ4v) is 2.33. The quantitative estimate of drug-likeness (QED) is 0.687. The van der Waals surface area contributed by atoms with Crippen LogP contribution in [-0.2, 0) is 9.59 Å². The second-order valence-corrected chi connectivity index (χ2v) is 4.32. The minimum absolute atomic E-state index is 0.158. The lowest BCUT2D eigenvalue weighted by molar-refractivity contribution is -0.150. The van der Waals surface area contributed by atoms with Crippen LogP contribution >= 0.6 is 0 Å². The van der Waals surface area contributed by atoms with Gasteiger partial charge in [0.05, 0.1) is 12.0 Å². The molecule has 0 saturated heterocycles. The van der Waals surface area contributed by atoms with Crippen molar-refractivity contribution < 1.29 is 19.8 Å². The Bertz CT molecular complexity index is 273. The highest BCUT2D eigenvalue weighted by molar-refractivity contribution is 5.89. The number of ketones is 1. The predicted octanol–water partition coefficient (Wildman–Crippen LogP) is 0.683. The zero-order valence-electron chi connectivity index (χ0n) is 8.65. The van der Waals surface area contributed by atoms with Crippen LogP contribution in [0, 0.1) is 17.3 Å². The van der Waals surface area contributed by atoms with Gasteiger partial charge < -0.3 is 10.2 Å². The van der Waals surface area contributed by atoms with Crippen molar-refractivity contribution in [2.24, 2.45) is 17.3 Å². The van der Waals surface area contributed by atoms with E-state index in [-0.39, 0.29) is 18.1 Å². The lowest BCUT2D eigenvalue weighted by atomic mass is 9.71. The normalized spacial score (nSPS) is 42.4. The summed E-state index contributed by atoms with van der Waals surface area (Å²) in [5.74, 6) is -2.20.